The van der Waals surface area contributed by atoms with Gasteiger partial charge in [-0.05, 0) is 17.7 Å². The molecule has 0 spiro atoms. The SMILES string of the molecule is CSc1nc(-c2ccsc2)c2c(N)n(C)nc2n1. The Morgan fingerprint density at radius 3 is 2.89 bits per heavy atom. The lowest BCUT2D eigenvalue weighted by Crippen LogP contribution is -1.97. The smallest absolute Gasteiger partial charge is 0.190 e. The summed E-state index contributed by atoms with van der Waals surface area (Å²) in [5.41, 5.74) is 8.62. The van der Waals surface area contributed by atoms with Crippen molar-refractivity contribution < 1.29 is 0 Å². The molecule has 0 amide bonds. The average molecular weight is 277 g/mol. The lowest BCUT2D eigenvalue weighted by Gasteiger charge is -2.02. The minimum absolute atomic E-state index is 0.596. The van der Waals surface area contributed by atoms with Crippen LogP contribution >= 0.6 is 23.1 Å². The first kappa shape index (κ1) is 11.5. The molecule has 2 N–H and O–H groups in total. The molecule has 0 atom stereocenters. The Balaban J connectivity index is 2.40. The number of nitrogen functional groups attached to an aromatic ring is 1. The van der Waals surface area contributed by atoms with Crippen LogP contribution < -0.4 is 5.73 Å². The monoisotopic (exact) mass is 277 g/mol. The van der Waals surface area contributed by atoms with Gasteiger partial charge in [0.15, 0.2) is 10.8 Å². The minimum Gasteiger partial charge on any atom is -0.383 e. The lowest BCUT2D eigenvalue weighted by atomic mass is 10.2. The van der Waals surface area contributed by atoms with Gasteiger partial charge in [0.05, 0.1) is 11.1 Å². The molecule has 92 valence electrons. The number of aromatic nitrogens is 4. The van der Waals surface area contributed by atoms with Crippen LogP contribution in [0.1, 0.15) is 0 Å². The Morgan fingerprint density at radius 2 is 2.22 bits per heavy atom. The highest BCUT2D eigenvalue weighted by Gasteiger charge is 2.16. The van der Waals surface area contributed by atoms with Crippen LogP contribution in [-0.4, -0.2) is 26.0 Å². The van der Waals surface area contributed by atoms with Gasteiger partial charge in [-0.25, -0.2) is 9.97 Å². The molecule has 0 bridgehead atoms. The Hall–Kier alpha value is -1.60. The number of rotatable bonds is 2. The van der Waals surface area contributed by atoms with Crippen molar-refractivity contribution in [3.8, 4) is 11.3 Å². The number of fused-ring (bicyclic) bond motifs is 1. The maximum absolute atomic E-state index is 6.05. The molecule has 0 unspecified atom stereocenters. The highest BCUT2D eigenvalue weighted by atomic mass is 32.2. The van der Waals surface area contributed by atoms with E-state index in [9.17, 15) is 0 Å². The molecular weight excluding hydrogens is 266 g/mol. The van der Waals surface area contributed by atoms with E-state index in [4.69, 9.17) is 5.73 Å². The largest absolute Gasteiger partial charge is 0.383 e. The van der Waals surface area contributed by atoms with Crippen molar-refractivity contribution >= 4 is 39.9 Å². The van der Waals surface area contributed by atoms with Crippen LogP contribution in [0.4, 0.5) is 5.82 Å². The second-order valence-corrected chi connectivity index (χ2v) is 5.33. The molecule has 0 radical (unpaired) electrons. The number of anilines is 1. The highest BCUT2D eigenvalue weighted by Crippen LogP contribution is 2.32. The third-order valence-electron chi connectivity index (χ3n) is 2.70. The zero-order chi connectivity index (χ0) is 12.7. The van der Waals surface area contributed by atoms with Gasteiger partial charge in [0.2, 0.25) is 0 Å². The third kappa shape index (κ3) is 1.67. The highest BCUT2D eigenvalue weighted by molar-refractivity contribution is 7.98. The summed E-state index contributed by atoms with van der Waals surface area (Å²) < 4.78 is 1.64. The molecule has 3 heterocycles. The first-order valence-corrected chi connectivity index (χ1v) is 7.44. The molecule has 3 aromatic heterocycles. The Labute approximate surface area is 112 Å². The molecular formula is C11H11N5S2. The van der Waals surface area contributed by atoms with E-state index in [1.807, 2.05) is 24.7 Å². The number of nitrogens with two attached hydrogens (primary N) is 1. The van der Waals surface area contributed by atoms with E-state index >= 15 is 0 Å². The van der Waals surface area contributed by atoms with Gasteiger partial charge in [0.25, 0.3) is 0 Å². The van der Waals surface area contributed by atoms with Gasteiger partial charge in [-0.1, -0.05) is 11.8 Å². The maximum atomic E-state index is 6.05. The summed E-state index contributed by atoms with van der Waals surface area (Å²) in [6.45, 7) is 0. The average Bonchev–Trinajstić information content (AvgIpc) is 2.98. The Morgan fingerprint density at radius 1 is 1.39 bits per heavy atom. The number of nitrogens with zero attached hydrogens (tertiary/aromatic N) is 4. The van der Waals surface area contributed by atoms with Crippen molar-refractivity contribution in [3.05, 3.63) is 16.8 Å². The molecule has 0 aromatic carbocycles. The lowest BCUT2D eigenvalue weighted by molar-refractivity contribution is 0.784. The molecule has 0 fully saturated rings. The molecule has 18 heavy (non-hydrogen) atoms. The number of thioether (sulfide) groups is 1. The van der Waals surface area contributed by atoms with Crippen molar-refractivity contribution in [1.82, 2.24) is 19.7 Å². The van der Waals surface area contributed by atoms with Crippen LogP contribution in [0.15, 0.2) is 22.0 Å². The zero-order valence-electron chi connectivity index (χ0n) is 9.91. The number of hydrogen-bond donors (Lipinski definition) is 1. The van der Waals surface area contributed by atoms with Crippen LogP contribution in [0.2, 0.25) is 0 Å². The van der Waals surface area contributed by atoms with Crippen LogP contribution in [0.5, 0.6) is 0 Å². The van der Waals surface area contributed by atoms with E-state index in [2.05, 4.69) is 20.4 Å². The molecule has 3 rings (SSSR count). The van der Waals surface area contributed by atoms with E-state index in [-0.39, 0.29) is 0 Å². The quantitative estimate of drug-likeness (QED) is 0.575. The van der Waals surface area contributed by atoms with Gasteiger partial charge in [-0.15, -0.1) is 0 Å². The van der Waals surface area contributed by atoms with Gasteiger partial charge in [-0.3, -0.25) is 4.68 Å². The van der Waals surface area contributed by atoms with Gasteiger partial charge in [0.1, 0.15) is 5.82 Å². The predicted octanol–water partition coefficient (Wildman–Crippen LogP) is 2.40. The summed E-state index contributed by atoms with van der Waals surface area (Å²) in [5, 5.41) is 9.94. The van der Waals surface area contributed by atoms with Crippen LogP contribution in [0.25, 0.3) is 22.3 Å². The molecule has 7 heteroatoms. The fourth-order valence-corrected chi connectivity index (χ4v) is 2.80. The van der Waals surface area contributed by atoms with Crippen molar-refractivity contribution in [2.75, 3.05) is 12.0 Å². The van der Waals surface area contributed by atoms with Crippen molar-refractivity contribution in [3.63, 3.8) is 0 Å². The summed E-state index contributed by atoms with van der Waals surface area (Å²) >= 11 is 3.14. The normalized spacial score (nSPS) is 11.2. The molecule has 0 saturated heterocycles. The fourth-order valence-electron chi connectivity index (χ4n) is 1.79. The number of aryl methyl sites for hydroxylation is 1. The zero-order valence-corrected chi connectivity index (χ0v) is 11.5. The molecule has 0 saturated carbocycles. The Kier molecular flexibility index (Phi) is 2.71. The van der Waals surface area contributed by atoms with Crippen molar-refractivity contribution in [2.45, 2.75) is 5.16 Å². The summed E-state index contributed by atoms with van der Waals surface area (Å²) in [6, 6.07) is 2.03. The first-order chi connectivity index (χ1) is 8.70. The van der Waals surface area contributed by atoms with E-state index in [1.54, 1.807) is 16.0 Å². The van der Waals surface area contributed by atoms with Crippen LogP contribution in [0, 0.1) is 0 Å². The topological polar surface area (TPSA) is 69.6 Å². The molecule has 0 aliphatic carbocycles. The van der Waals surface area contributed by atoms with E-state index < -0.39 is 0 Å². The minimum atomic E-state index is 0.596. The summed E-state index contributed by atoms with van der Waals surface area (Å²) in [7, 11) is 1.81. The van der Waals surface area contributed by atoms with Crippen molar-refractivity contribution in [2.24, 2.45) is 7.05 Å². The molecule has 0 aliphatic heterocycles. The maximum Gasteiger partial charge on any atom is 0.190 e. The summed E-state index contributed by atoms with van der Waals surface area (Å²) in [6.07, 6.45) is 1.95. The van der Waals surface area contributed by atoms with Crippen LogP contribution in [0.3, 0.4) is 0 Å². The summed E-state index contributed by atoms with van der Waals surface area (Å²) in [5.74, 6) is 0.596. The van der Waals surface area contributed by atoms with Crippen LogP contribution in [-0.2, 0) is 7.05 Å². The molecule has 3 aromatic rings. The number of hydrogen-bond acceptors (Lipinski definition) is 6. The molecule has 5 nitrogen and oxygen atoms in total. The Bertz CT molecular complexity index is 702. The van der Waals surface area contributed by atoms with Crippen molar-refractivity contribution in [1.29, 1.82) is 0 Å². The van der Waals surface area contributed by atoms with Gasteiger partial charge < -0.3 is 5.73 Å². The second-order valence-electron chi connectivity index (χ2n) is 3.78. The standard InChI is InChI=1S/C11H11N5S2/c1-16-9(12)7-8(6-3-4-18-5-6)13-11(17-2)14-10(7)15-16/h3-5H,12H2,1-2H3. The van der Waals surface area contributed by atoms with Gasteiger partial charge in [0, 0.05) is 18.0 Å². The van der Waals surface area contributed by atoms with Gasteiger partial charge in [-0.2, -0.15) is 16.4 Å². The first-order valence-electron chi connectivity index (χ1n) is 5.27. The van der Waals surface area contributed by atoms with E-state index in [1.165, 1.54) is 11.8 Å². The van der Waals surface area contributed by atoms with E-state index in [0.717, 1.165) is 16.6 Å². The fraction of sp³-hybridized carbons (Fsp3) is 0.182. The predicted molar refractivity (Wildman–Crippen MR) is 75.8 cm³/mol. The second kappa shape index (κ2) is 4.25. The summed E-state index contributed by atoms with van der Waals surface area (Å²) in [4.78, 5) is 8.95. The van der Waals surface area contributed by atoms with Gasteiger partial charge >= 0.3 is 0 Å². The molecule has 0 aliphatic rings. The van der Waals surface area contributed by atoms with E-state index in [0.29, 0.717) is 16.6 Å². The number of thiophene rings is 1. The third-order valence-corrected chi connectivity index (χ3v) is 3.93.